The molecule has 1 atom stereocenters. The number of rotatable bonds is 6. The van der Waals surface area contributed by atoms with Crippen LogP contribution in [-0.2, 0) is 14.6 Å². The van der Waals surface area contributed by atoms with Gasteiger partial charge >= 0.3 is 6.03 Å². The van der Waals surface area contributed by atoms with Crippen molar-refractivity contribution in [2.24, 2.45) is 5.92 Å². The third kappa shape index (κ3) is 3.68. The number of carbonyl (C=O) groups is 3. The summed E-state index contributed by atoms with van der Waals surface area (Å²) in [5.41, 5.74) is 0.603. The van der Waals surface area contributed by atoms with Gasteiger partial charge in [-0.05, 0) is 48.1 Å². The fourth-order valence-electron chi connectivity index (χ4n) is 3.77. The van der Waals surface area contributed by atoms with Crippen molar-refractivity contribution in [3.63, 3.8) is 0 Å². The number of carbonyl (C=O) groups excluding carboxylic acids is 3. The minimum atomic E-state index is -3.32. The summed E-state index contributed by atoms with van der Waals surface area (Å²) in [6.45, 7) is -0.00454. The van der Waals surface area contributed by atoms with Crippen LogP contribution >= 0.6 is 0 Å². The summed E-state index contributed by atoms with van der Waals surface area (Å²) < 4.78 is 23.4. The average Bonchev–Trinajstić information content (AvgIpc) is 3.52. The third-order valence-electron chi connectivity index (χ3n) is 5.54. The van der Waals surface area contributed by atoms with Crippen molar-refractivity contribution in [3.05, 3.63) is 54.1 Å². The highest BCUT2D eigenvalue weighted by atomic mass is 32.2. The van der Waals surface area contributed by atoms with Gasteiger partial charge in [-0.3, -0.25) is 14.9 Å². The van der Waals surface area contributed by atoms with E-state index in [1.165, 1.54) is 12.1 Å². The lowest BCUT2D eigenvalue weighted by Crippen LogP contribution is -2.57. The quantitative estimate of drug-likeness (QED) is 0.603. The van der Waals surface area contributed by atoms with Gasteiger partial charge in [0.2, 0.25) is 0 Å². The Morgan fingerprint density at radius 3 is 2.33 bits per heavy atom. The Kier molecular flexibility index (Phi) is 4.85. The minimum Gasteiger partial charge on any atom is -0.349 e. The van der Waals surface area contributed by atoms with Gasteiger partial charge in [0.05, 0.1) is 11.4 Å². The first-order valence-electron chi connectivity index (χ1n) is 9.52. The molecule has 4 rings (SSSR count). The van der Waals surface area contributed by atoms with Gasteiger partial charge in [-0.2, -0.15) is 0 Å². The molecule has 9 heteroatoms. The molecule has 0 aromatic heterocycles. The van der Waals surface area contributed by atoms with Gasteiger partial charge < -0.3 is 10.6 Å². The Bertz CT molecular complexity index is 1140. The summed E-state index contributed by atoms with van der Waals surface area (Å²) in [5.74, 6) is -0.797. The second kappa shape index (κ2) is 7.24. The van der Waals surface area contributed by atoms with E-state index in [9.17, 15) is 22.8 Å². The van der Waals surface area contributed by atoms with E-state index in [0.29, 0.717) is 16.7 Å². The van der Waals surface area contributed by atoms with Crippen LogP contribution in [0.1, 0.15) is 23.2 Å². The van der Waals surface area contributed by atoms with E-state index in [2.05, 4.69) is 16.0 Å². The number of hydrogen-bond acceptors (Lipinski definition) is 5. The number of urea groups is 1. The van der Waals surface area contributed by atoms with Gasteiger partial charge in [0, 0.05) is 11.8 Å². The molecule has 2 aromatic rings. The Morgan fingerprint density at radius 1 is 1.10 bits per heavy atom. The monoisotopic (exact) mass is 427 g/mol. The Hall–Kier alpha value is -3.20. The molecule has 1 saturated carbocycles. The van der Waals surface area contributed by atoms with Gasteiger partial charge in [0.15, 0.2) is 9.84 Å². The third-order valence-corrected chi connectivity index (χ3v) is 6.66. The van der Waals surface area contributed by atoms with Crippen LogP contribution < -0.4 is 16.0 Å². The summed E-state index contributed by atoms with van der Waals surface area (Å²) in [5, 5.41) is 7.73. The maximum absolute atomic E-state index is 12.9. The number of imide groups is 1. The zero-order valence-corrected chi connectivity index (χ0v) is 17.1. The molecule has 30 heavy (non-hydrogen) atoms. The fraction of sp³-hybridized carbons (Fsp3) is 0.286. The average molecular weight is 427 g/mol. The molecule has 8 nitrogen and oxygen atoms in total. The van der Waals surface area contributed by atoms with Gasteiger partial charge in [-0.25, -0.2) is 13.2 Å². The maximum atomic E-state index is 12.9. The summed E-state index contributed by atoms with van der Waals surface area (Å²) >= 11 is 0. The molecule has 1 heterocycles. The van der Waals surface area contributed by atoms with Gasteiger partial charge in [0.25, 0.3) is 11.8 Å². The van der Waals surface area contributed by atoms with Crippen LogP contribution in [0, 0.1) is 5.92 Å². The zero-order valence-electron chi connectivity index (χ0n) is 16.3. The molecule has 2 aliphatic rings. The number of benzene rings is 2. The highest BCUT2D eigenvalue weighted by molar-refractivity contribution is 7.90. The molecule has 0 unspecified atom stereocenters. The first-order valence-corrected chi connectivity index (χ1v) is 11.4. The molecule has 1 aliphatic carbocycles. The lowest BCUT2D eigenvalue weighted by atomic mass is 9.93. The zero-order chi connectivity index (χ0) is 21.5. The van der Waals surface area contributed by atoms with E-state index >= 15 is 0 Å². The van der Waals surface area contributed by atoms with Crippen LogP contribution in [0.15, 0.2) is 53.4 Å². The fourth-order valence-corrected chi connectivity index (χ4v) is 4.40. The molecule has 4 amide bonds. The van der Waals surface area contributed by atoms with Crippen molar-refractivity contribution < 1.29 is 22.8 Å². The Balaban J connectivity index is 1.57. The summed E-state index contributed by atoms with van der Waals surface area (Å²) in [6, 6.07) is 12.7. The van der Waals surface area contributed by atoms with Gasteiger partial charge in [-0.15, -0.1) is 0 Å². The molecule has 2 fully saturated rings. The molecule has 156 valence electrons. The topological polar surface area (TPSA) is 121 Å². The van der Waals surface area contributed by atoms with E-state index in [1.807, 2.05) is 0 Å². The Labute approximate surface area is 174 Å². The van der Waals surface area contributed by atoms with Crippen LogP contribution in [0.3, 0.4) is 0 Å². The molecule has 3 N–H and O–H groups in total. The number of amides is 4. The Morgan fingerprint density at radius 2 is 1.77 bits per heavy atom. The highest BCUT2D eigenvalue weighted by Gasteiger charge is 2.56. The molecule has 0 radical (unpaired) electrons. The largest absolute Gasteiger partial charge is 0.349 e. The number of nitrogens with one attached hydrogen (secondary N) is 3. The van der Waals surface area contributed by atoms with E-state index in [0.717, 1.165) is 19.1 Å². The number of sulfone groups is 1. The normalized spacial score (nSPS) is 21.1. The molecule has 0 spiro atoms. The van der Waals surface area contributed by atoms with E-state index < -0.39 is 27.3 Å². The van der Waals surface area contributed by atoms with Gasteiger partial charge in [0.1, 0.15) is 5.54 Å². The predicted octanol–water partition coefficient (Wildman–Crippen LogP) is 1.48. The molecule has 1 saturated heterocycles. The second-order valence-electron chi connectivity index (χ2n) is 7.68. The minimum absolute atomic E-state index is 0.00281. The van der Waals surface area contributed by atoms with Crippen LogP contribution in [0.5, 0.6) is 0 Å². The van der Waals surface area contributed by atoms with Crippen molar-refractivity contribution >= 4 is 27.7 Å². The van der Waals surface area contributed by atoms with Crippen LogP contribution in [0.4, 0.5) is 4.79 Å². The maximum Gasteiger partial charge on any atom is 0.322 e. The molecule has 0 bridgehead atoms. The smallest absolute Gasteiger partial charge is 0.322 e. The standard InChI is InChI=1S/C21H21N3O5S/c1-30(28,29)15-10-6-13(7-11-15)16-4-2-3-5-17(16)18(25)22-12-21(14-8-9-14)19(26)23-20(27)24-21/h2-7,10-11,14H,8-9,12H2,1H3,(H,22,25)(H2,23,24,26,27)/t21-/m0/s1. The lowest BCUT2D eigenvalue weighted by Gasteiger charge is -2.26. The molecule has 2 aromatic carbocycles. The van der Waals surface area contributed by atoms with Crippen LogP contribution in [0.25, 0.3) is 11.1 Å². The first kappa shape index (κ1) is 20.1. The van der Waals surface area contributed by atoms with Crippen molar-refractivity contribution in [1.82, 2.24) is 16.0 Å². The first-order chi connectivity index (χ1) is 14.2. The van der Waals surface area contributed by atoms with Crippen LogP contribution in [0.2, 0.25) is 0 Å². The van der Waals surface area contributed by atoms with Gasteiger partial charge in [-0.1, -0.05) is 30.3 Å². The second-order valence-corrected chi connectivity index (χ2v) is 9.69. The summed E-state index contributed by atoms with van der Waals surface area (Å²) in [4.78, 5) is 37.1. The van der Waals surface area contributed by atoms with E-state index in [4.69, 9.17) is 0 Å². The molecular weight excluding hydrogens is 406 g/mol. The van der Waals surface area contributed by atoms with E-state index in [1.54, 1.807) is 36.4 Å². The predicted molar refractivity (Wildman–Crippen MR) is 109 cm³/mol. The van der Waals surface area contributed by atoms with Crippen LogP contribution in [-0.4, -0.2) is 44.6 Å². The highest BCUT2D eigenvalue weighted by Crippen LogP contribution is 2.41. The summed E-state index contributed by atoms with van der Waals surface area (Å²) in [7, 11) is -3.32. The van der Waals surface area contributed by atoms with Crippen molar-refractivity contribution in [3.8, 4) is 11.1 Å². The lowest BCUT2D eigenvalue weighted by molar-refractivity contribution is -0.124. The SMILES string of the molecule is CS(=O)(=O)c1ccc(-c2ccccc2C(=O)NC[C@@]2(C3CC3)NC(=O)NC2=O)cc1. The molecular formula is C21H21N3O5S. The molecule has 1 aliphatic heterocycles. The van der Waals surface area contributed by atoms with E-state index in [-0.39, 0.29) is 23.3 Å². The van der Waals surface area contributed by atoms with Crippen molar-refractivity contribution in [2.45, 2.75) is 23.3 Å². The number of hydrogen-bond donors (Lipinski definition) is 3. The summed E-state index contributed by atoms with van der Waals surface area (Å²) in [6.07, 6.45) is 2.76. The van der Waals surface area contributed by atoms with Crippen molar-refractivity contribution in [2.75, 3.05) is 12.8 Å². The van der Waals surface area contributed by atoms with Crippen molar-refractivity contribution in [1.29, 1.82) is 0 Å².